The molecule has 0 aliphatic carbocycles. The van der Waals surface area contributed by atoms with Gasteiger partial charge in [0.1, 0.15) is 0 Å². The first kappa shape index (κ1) is 14.0. The number of rotatable bonds is 6. The summed E-state index contributed by atoms with van der Waals surface area (Å²) in [5, 5.41) is 7.22. The first-order valence-corrected chi connectivity index (χ1v) is 6.83. The molecule has 1 fully saturated rings. The number of hydrogen-bond donors (Lipinski definition) is 2. The minimum absolute atomic E-state index is 0.435. The Balaban J connectivity index is 2.40. The summed E-state index contributed by atoms with van der Waals surface area (Å²) in [6.45, 7) is 16.4. The van der Waals surface area contributed by atoms with Gasteiger partial charge in [-0.25, -0.2) is 0 Å². The molecule has 2 heteroatoms. The Morgan fingerprint density at radius 1 is 1.38 bits per heavy atom. The monoisotopic (exact) mass is 226 g/mol. The Bertz CT molecular complexity index is 203. The van der Waals surface area contributed by atoms with Crippen LogP contribution in [-0.2, 0) is 0 Å². The molecule has 1 aliphatic heterocycles. The van der Waals surface area contributed by atoms with Gasteiger partial charge in [-0.1, -0.05) is 34.6 Å². The van der Waals surface area contributed by atoms with Crippen LogP contribution in [0.5, 0.6) is 0 Å². The first-order valence-electron chi connectivity index (χ1n) is 6.83. The maximum atomic E-state index is 3.70. The lowest BCUT2D eigenvalue weighted by Gasteiger charge is -2.34. The highest BCUT2D eigenvalue weighted by Gasteiger charge is 2.36. The lowest BCUT2D eigenvalue weighted by atomic mass is 9.76. The van der Waals surface area contributed by atoms with Crippen LogP contribution in [0.15, 0.2) is 0 Å². The fourth-order valence-corrected chi connectivity index (χ4v) is 2.39. The van der Waals surface area contributed by atoms with Crippen molar-refractivity contribution in [1.82, 2.24) is 10.6 Å². The minimum atomic E-state index is 0.435. The molecule has 1 atom stereocenters. The van der Waals surface area contributed by atoms with Crippen LogP contribution < -0.4 is 10.6 Å². The minimum Gasteiger partial charge on any atom is -0.316 e. The van der Waals surface area contributed by atoms with Crippen LogP contribution in [0.1, 0.15) is 47.5 Å². The highest BCUT2D eigenvalue weighted by atomic mass is 15.0. The van der Waals surface area contributed by atoms with Crippen molar-refractivity contribution in [3.8, 4) is 0 Å². The summed E-state index contributed by atoms with van der Waals surface area (Å²) in [6.07, 6.45) is 2.57. The summed E-state index contributed by atoms with van der Waals surface area (Å²) in [5.74, 6) is 0.764. The molecule has 1 unspecified atom stereocenters. The van der Waals surface area contributed by atoms with Gasteiger partial charge in [-0.15, -0.1) is 0 Å². The van der Waals surface area contributed by atoms with E-state index in [0.29, 0.717) is 10.8 Å². The molecule has 1 rings (SSSR count). The zero-order valence-electron chi connectivity index (χ0n) is 11.8. The quantitative estimate of drug-likeness (QED) is 0.727. The topological polar surface area (TPSA) is 24.1 Å². The highest BCUT2D eigenvalue weighted by Crippen LogP contribution is 2.33. The molecule has 0 aromatic carbocycles. The molecule has 0 spiro atoms. The van der Waals surface area contributed by atoms with E-state index < -0.39 is 0 Å². The molecule has 0 aromatic rings. The molecule has 2 nitrogen and oxygen atoms in total. The molecule has 1 saturated heterocycles. The molecule has 1 aliphatic rings. The fourth-order valence-electron chi connectivity index (χ4n) is 2.39. The van der Waals surface area contributed by atoms with Crippen molar-refractivity contribution in [1.29, 1.82) is 0 Å². The third-order valence-electron chi connectivity index (χ3n) is 4.54. The molecule has 0 amide bonds. The van der Waals surface area contributed by atoms with E-state index in [1.807, 2.05) is 0 Å². The summed E-state index contributed by atoms with van der Waals surface area (Å²) in [7, 11) is 0. The number of hydrogen-bond acceptors (Lipinski definition) is 2. The van der Waals surface area contributed by atoms with E-state index in [0.717, 1.165) is 12.5 Å². The smallest absolute Gasteiger partial charge is 0.00231 e. The number of nitrogens with one attached hydrogen (secondary N) is 2. The standard InChI is InChI=1S/C14H30N2/c1-6-13(4,5)9-16-11-14(12(2)3)7-8-15-10-14/h12,15-16H,6-11H2,1-5H3. The van der Waals surface area contributed by atoms with Gasteiger partial charge in [0.05, 0.1) is 0 Å². The Morgan fingerprint density at radius 3 is 2.50 bits per heavy atom. The van der Waals surface area contributed by atoms with Crippen molar-refractivity contribution < 1.29 is 0 Å². The van der Waals surface area contributed by atoms with Gasteiger partial charge in [-0.3, -0.25) is 0 Å². The van der Waals surface area contributed by atoms with Crippen LogP contribution in [0.25, 0.3) is 0 Å². The van der Waals surface area contributed by atoms with Gasteiger partial charge >= 0.3 is 0 Å². The van der Waals surface area contributed by atoms with Gasteiger partial charge < -0.3 is 10.6 Å². The Hall–Kier alpha value is -0.0800. The zero-order chi connectivity index (χ0) is 12.2. The maximum absolute atomic E-state index is 3.70. The molecule has 0 radical (unpaired) electrons. The van der Waals surface area contributed by atoms with Crippen LogP contribution in [0.3, 0.4) is 0 Å². The van der Waals surface area contributed by atoms with Crippen LogP contribution in [-0.4, -0.2) is 26.2 Å². The lowest BCUT2D eigenvalue weighted by Crippen LogP contribution is -2.43. The highest BCUT2D eigenvalue weighted by molar-refractivity contribution is 4.92. The molecular weight excluding hydrogens is 196 g/mol. The van der Waals surface area contributed by atoms with Gasteiger partial charge in [-0.2, -0.15) is 0 Å². The first-order chi connectivity index (χ1) is 7.42. The second-order valence-electron chi connectivity index (χ2n) is 6.57. The largest absolute Gasteiger partial charge is 0.316 e. The molecule has 1 heterocycles. The summed E-state index contributed by atoms with van der Waals surface area (Å²) >= 11 is 0. The van der Waals surface area contributed by atoms with E-state index >= 15 is 0 Å². The predicted octanol–water partition coefficient (Wildman–Crippen LogP) is 2.65. The van der Waals surface area contributed by atoms with Crippen LogP contribution in [0.2, 0.25) is 0 Å². The van der Waals surface area contributed by atoms with E-state index in [1.54, 1.807) is 0 Å². The van der Waals surface area contributed by atoms with E-state index in [-0.39, 0.29) is 0 Å². The molecule has 0 bridgehead atoms. The van der Waals surface area contributed by atoms with Gasteiger partial charge in [0.2, 0.25) is 0 Å². The third kappa shape index (κ3) is 3.46. The Labute approximate surface area is 102 Å². The van der Waals surface area contributed by atoms with E-state index in [1.165, 1.54) is 32.5 Å². The molecule has 0 saturated carbocycles. The Morgan fingerprint density at radius 2 is 2.06 bits per heavy atom. The van der Waals surface area contributed by atoms with Crippen molar-refractivity contribution in [3.05, 3.63) is 0 Å². The van der Waals surface area contributed by atoms with Gasteiger partial charge in [0, 0.05) is 19.6 Å². The maximum Gasteiger partial charge on any atom is 0.00231 e. The van der Waals surface area contributed by atoms with Gasteiger partial charge in [0.25, 0.3) is 0 Å². The molecule has 16 heavy (non-hydrogen) atoms. The molecule has 2 N–H and O–H groups in total. The molecule has 96 valence electrons. The van der Waals surface area contributed by atoms with Gasteiger partial charge in [-0.05, 0) is 36.1 Å². The SMILES string of the molecule is CCC(C)(C)CNCC1(C(C)C)CCNC1. The molecular formula is C14H30N2. The predicted molar refractivity (Wildman–Crippen MR) is 71.7 cm³/mol. The second kappa shape index (κ2) is 5.50. The van der Waals surface area contributed by atoms with E-state index in [9.17, 15) is 0 Å². The average molecular weight is 226 g/mol. The summed E-state index contributed by atoms with van der Waals surface area (Å²) < 4.78 is 0. The van der Waals surface area contributed by atoms with E-state index in [2.05, 4.69) is 45.3 Å². The molecule has 0 aromatic heterocycles. The summed E-state index contributed by atoms with van der Waals surface area (Å²) in [5.41, 5.74) is 0.925. The Kier molecular flexibility index (Phi) is 4.81. The normalized spacial score (nSPS) is 26.6. The van der Waals surface area contributed by atoms with Crippen molar-refractivity contribution in [2.24, 2.45) is 16.7 Å². The summed E-state index contributed by atoms with van der Waals surface area (Å²) in [6, 6.07) is 0. The fraction of sp³-hybridized carbons (Fsp3) is 1.00. The van der Waals surface area contributed by atoms with Crippen molar-refractivity contribution >= 4 is 0 Å². The van der Waals surface area contributed by atoms with Crippen LogP contribution >= 0.6 is 0 Å². The summed E-state index contributed by atoms with van der Waals surface area (Å²) in [4.78, 5) is 0. The average Bonchev–Trinajstić information content (AvgIpc) is 2.67. The second-order valence-corrected chi connectivity index (χ2v) is 6.57. The third-order valence-corrected chi connectivity index (χ3v) is 4.54. The van der Waals surface area contributed by atoms with Crippen LogP contribution in [0.4, 0.5) is 0 Å². The van der Waals surface area contributed by atoms with Gasteiger partial charge in [0.15, 0.2) is 0 Å². The zero-order valence-corrected chi connectivity index (χ0v) is 11.8. The van der Waals surface area contributed by atoms with Crippen molar-refractivity contribution in [2.75, 3.05) is 26.2 Å². The van der Waals surface area contributed by atoms with Crippen molar-refractivity contribution in [3.63, 3.8) is 0 Å². The lowest BCUT2D eigenvalue weighted by molar-refractivity contribution is 0.195. The van der Waals surface area contributed by atoms with Crippen molar-refractivity contribution in [2.45, 2.75) is 47.5 Å². The van der Waals surface area contributed by atoms with Crippen LogP contribution in [0, 0.1) is 16.7 Å². The van der Waals surface area contributed by atoms with E-state index in [4.69, 9.17) is 0 Å².